The maximum absolute atomic E-state index is 14.1. The molecule has 0 heterocycles. The van der Waals surface area contributed by atoms with Gasteiger partial charge in [-0.2, -0.15) is 0 Å². The summed E-state index contributed by atoms with van der Waals surface area (Å²) in [6, 6.07) is 5.58. The molecule has 3 fully saturated rings. The van der Waals surface area contributed by atoms with Gasteiger partial charge < -0.3 is 4.74 Å². The molecule has 4 atom stereocenters. The Bertz CT molecular complexity index is 675. The fraction of sp³-hybridized carbons (Fsp3) is 0.704. The third-order valence-electron chi connectivity index (χ3n) is 8.63. The minimum absolute atomic E-state index is 0.214. The molecule has 1 aromatic rings. The topological polar surface area (TPSA) is 9.23 Å². The van der Waals surface area contributed by atoms with Gasteiger partial charge in [0.15, 0.2) is 11.6 Å². The molecule has 4 unspecified atom stereocenters. The van der Waals surface area contributed by atoms with Crippen LogP contribution in [0.5, 0.6) is 5.75 Å². The molecule has 160 valence electrons. The Kier molecular flexibility index (Phi) is 6.98. The maximum atomic E-state index is 14.1. The van der Waals surface area contributed by atoms with Crippen molar-refractivity contribution in [3.8, 4) is 5.75 Å². The van der Waals surface area contributed by atoms with Crippen molar-refractivity contribution >= 4 is 0 Å². The number of halogens is 1. The van der Waals surface area contributed by atoms with Gasteiger partial charge in [0.05, 0.1) is 7.11 Å². The van der Waals surface area contributed by atoms with Crippen molar-refractivity contribution in [3.63, 3.8) is 0 Å². The summed E-state index contributed by atoms with van der Waals surface area (Å²) < 4.78 is 19.2. The molecule has 3 aliphatic carbocycles. The Morgan fingerprint density at radius 1 is 0.931 bits per heavy atom. The Morgan fingerprint density at radius 3 is 2.28 bits per heavy atom. The third-order valence-corrected chi connectivity index (χ3v) is 8.63. The molecule has 2 heteroatoms. The predicted molar refractivity (Wildman–Crippen MR) is 119 cm³/mol. The lowest BCUT2D eigenvalue weighted by Crippen LogP contribution is -2.34. The average molecular weight is 399 g/mol. The van der Waals surface area contributed by atoms with E-state index in [0.29, 0.717) is 11.7 Å². The molecular formula is C27H39FO. The summed E-state index contributed by atoms with van der Waals surface area (Å²) in [5.74, 6) is 5.51. The van der Waals surface area contributed by atoms with Crippen molar-refractivity contribution in [1.29, 1.82) is 0 Å². The highest BCUT2D eigenvalue weighted by molar-refractivity contribution is 5.31. The fourth-order valence-corrected chi connectivity index (χ4v) is 6.93. The lowest BCUT2D eigenvalue weighted by molar-refractivity contribution is 0.0621. The van der Waals surface area contributed by atoms with Crippen LogP contribution in [0.4, 0.5) is 4.39 Å². The standard InChI is InChI=1S/C27H39FO/c1-3-4-5-19-6-7-24-17-23(13-12-22(24)16-19)20-8-10-21(11-9-20)25-14-15-27(29-2)26(28)18-25/h3,14-15,18-24H,1,4-13,16-17H2,2H3. The molecule has 29 heavy (non-hydrogen) atoms. The second-order valence-corrected chi connectivity index (χ2v) is 10.1. The zero-order valence-corrected chi connectivity index (χ0v) is 18.3. The largest absolute Gasteiger partial charge is 0.494 e. The van der Waals surface area contributed by atoms with Crippen molar-refractivity contribution in [2.24, 2.45) is 29.6 Å². The number of allylic oxidation sites excluding steroid dienone is 1. The quantitative estimate of drug-likeness (QED) is 0.442. The van der Waals surface area contributed by atoms with Crippen LogP contribution in [0.3, 0.4) is 0 Å². The summed E-state index contributed by atoms with van der Waals surface area (Å²) in [5, 5.41) is 0. The van der Waals surface area contributed by atoms with Gasteiger partial charge in [0.1, 0.15) is 0 Å². The molecule has 3 saturated carbocycles. The van der Waals surface area contributed by atoms with Crippen molar-refractivity contribution in [2.45, 2.75) is 83.0 Å². The lowest BCUT2D eigenvalue weighted by atomic mass is 9.60. The zero-order chi connectivity index (χ0) is 20.2. The van der Waals surface area contributed by atoms with Gasteiger partial charge in [-0.05, 0) is 124 Å². The molecule has 0 aromatic heterocycles. The first-order valence-corrected chi connectivity index (χ1v) is 12.1. The molecule has 4 rings (SSSR count). The first kappa shape index (κ1) is 20.9. The van der Waals surface area contributed by atoms with Gasteiger partial charge >= 0.3 is 0 Å². The first-order chi connectivity index (χ1) is 14.2. The lowest BCUT2D eigenvalue weighted by Gasteiger charge is -2.45. The molecule has 0 bridgehead atoms. The van der Waals surface area contributed by atoms with Crippen LogP contribution < -0.4 is 4.74 Å². The summed E-state index contributed by atoms with van der Waals surface area (Å²) >= 11 is 0. The van der Waals surface area contributed by atoms with E-state index < -0.39 is 0 Å². The monoisotopic (exact) mass is 398 g/mol. The zero-order valence-electron chi connectivity index (χ0n) is 18.3. The fourth-order valence-electron chi connectivity index (χ4n) is 6.93. The molecule has 0 aliphatic heterocycles. The van der Waals surface area contributed by atoms with Gasteiger partial charge in [-0.3, -0.25) is 0 Å². The van der Waals surface area contributed by atoms with Crippen LogP contribution in [0.2, 0.25) is 0 Å². The Morgan fingerprint density at radius 2 is 1.59 bits per heavy atom. The third kappa shape index (κ3) is 4.89. The van der Waals surface area contributed by atoms with Gasteiger partial charge in [-0.1, -0.05) is 18.6 Å². The molecule has 1 aromatic carbocycles. The summed E-state index contributed by atoms with van der Waals surface area (Å²) in [6.45, 7) is 3.90. The summed E-state index contributed by atoms with van der Waals surface area (Å²) in [5.41, 5.74) is 1.17. The smallest absolute Gasteiger partial charge is 0.165 e. The van der Waals surface area contributed by atoms with E-state index in [0.717, 1.165) is 29.6 Å². The van der Waals surface area contributed by atoms with Gasteiger partial charge in [0, 0.05) is 0 Å². The number of fused-ring (bicyclic) bond motifs is 1. The minimum Gasteiger partial charge on any atom is -0.494 e. The van der Waals surface area contributed by atoms with Crippen LogP contribution in [0.1, 0.15) is 88.5 Å². The van der Waals surface area contributed by atoms with E-state index >= 15 is 0 Å². The second kappa shape index (κ2) is 9.67. The molecule has 0 amide bonds. The molecule has 3 aliphatic rings. The molecule has 0 saturated heterocycles. The normalized spacial score (nSPS) is 35.0. The van der Waals surface area contributed by atoms with E-state index in [1.54, 1.807) is 12.1 Å². The second-order valence-electron chi connectivity index (χ2n) is 10.1. The number of rotatable bonds is 6. The molecule has 1 nitrogen and oxygen atoms in total. The van der Waals surface area contributed by atoms with Gasteiger partial charge in [-0.25, -0.2) is 4.39 Å². The van der Waals surface area contributed by atoms with Crippen LogP contribution in [-0.2, 0) is 0 Å². The summed E-state index contributed by atoms with van der Waals surface area (Å²) in [4.78, 5) is 0. The number of hydrogen-bond donors (Lipinski definition) is 0. The Hall–Kier alpha value is -1.31. The highest BCUT2D eigenvalue weighted by Crippen LogP contribution is 2.50. The van der Waals surface area contributed by atoms with Gasteiger partial charge in [0.2, 0.25) is 0 Å². The van der Waals surface area contributed by atoms with Crippen LogP contribution in [-0.4, -0.2) is 7.11 Å². The van der Waals surface area contributed by atoms with E-state index in [9.17, 15) is 4.39 Å². The number of hydrogen-bond acceptors (Lipinski definition) is 1. The van der Waals surface area contributed by atoms with E-state index in [2.05, 4.69) is 18.7 Å². The number of methoxy groups -OCH3 is 1. The van der Waals surface area contributed by atoms with E-state index in [1.807, 2.05) is 0 Å². The van der Waals surface area contributed by atoms with E-state index in [4.69, 9.17) is 4.74 Å². The minimum atomic E-state index is -0.214. The maximum Gasteiger partial charge on any atom is 0.165 e. The Labute approximate surface area is 177 Å². The average Bonchev–Trinajstić information content (AvgIpc) is 2.77. The van der Waals surface area contributed by atoms with Crippen LogP contribution in [0.15, 0.2) is 30.9 Å². The molecular weight excluding hydrogens is 359 g/mol. The van der Waals surface area contributed by atoms with Crippen LogP contribution in [0, 0.1) is 35.4 Å². The van der Waals surface area contributed by atoms with Crippen molar-refractivity contribution in [1.82, 2.24) is 0 Å². The van der Waals surface area contributed by atoms with Crippen molar-refractivity contribution in [3.05, 3.63) is 42.2 Å². The van der Waals surface area contributed by atoms with E-state index in [-0.39, 0.29) is 5.82 Å². The first-order valence-electron chi connectivity index (χ1n) is 12.1. The van der Waals surface area contributed by atoms with Crippen LogP contribution >= 0.6 is 0 Å². The number of benzene rings is 1. The molecule has 0 N–H and O–H groups in total. The number of ether oxygens (including phenoxy) is 1. The summed E-state index contributed by atoms with van der Waals surface area (Å²) in [7, 11) is 1.53. The van der Waals surface area contributed by atoms with E-state index in [1.165, 1.54) is 89.7 Å². The van der Waals surface area contributed by atoms with Crippen molar-refractivity contribution in [2.75, 3.05) is 7.11 Å². The molecule has 0 spiro atoms. The van der Waals surface area contributed by atoms with Gasteiger partial charge in [0.25, 0.3) is 0 Å². The predicted octanol–water partition coefficient (Wildman–Crippen LogP) is 7.91. The highest BCUT2D eigenvalue weighted by Gasteiger charge is 2.38. The summed E-state index contributed by atoms with van der Waals surface area (Å²) in [6.07, 6.45) is 18.6. The SMILES string of the molecule is C=CCCC1CCC2CC(C3CCC(c4ccc(OC)c(F)c4)CC3)CCC2C1. The van der Waals surface area contributed by atoms with Crippen molar-refractivity contribution < 1.29 is 9.13 Å². The Balaban J connectivity index is 1.27. The highest BCUT2D eigenvalue weighted by atomic mass is 19.1. The van der Waals surface area contributed by atoms with Gasteiger partial charge in [-0.15, -0.1) is 6.58 Å². The van der Waals surface area contributed by atoms with Crippen LogP contribution in [0.25, 0.3) is 0 Å². The molecule has 0 radical (unpaired) electrons.